The molecule has 2 amide bonds. The fraction of sp³-hybridized carbons (Fsp3) is 0.200. The van der Waals surface area contributed by atoms with Crippen LogP contribution in [-0.2, 0) is 19.1 Å². The number of alkyl carbamates (subject to hydrolysis) is 1. The summed E-state index contributed by atoms with van der Waals surface area (Å²) in [6, 6.07) is 5.36. The minimum atomic E-state index is -1.17. The van der Waals surface area contributed by atoms with Crippen molar-refractivity contribution in [2.45, 2.75) is 13.0 Å². The predicted molar refractivity (Wildman–Crippen MR) is 85.3 cm³/mol. The first-order valence-corrected chi connectivity index (χ1v) is 7.20. The first-order chi connectivity index (χ1) is 11.4. The molecule has 0 bridgehead atoms. The number of ether oxygens (including phenoxy) is 2. The Balaban J connectivity index is 2.03. The SMILES string of the molecule is COC(=O)NC(=O)[C@H](C)OC(=O)/C=C/c1c(Cl)nc2ccccn12. The fourth-order valence-corrected chi connectivity index (χ4v) is 2.04. The number of pyridine rings is 1. The van der Waals surface area contributed by atoms with Gasteiger partial charge in [0.2, 0.25) is 0 Å². The molecule has 2 heterocycles. The zero-order chi connectivity index (χ0) is 17.7. The second-order valence-corrected chi connectivity index (χ2v) is 4.97. The van der Waals surface area contributed by atoms with Crippen molar-refractivity contribution in [3.63, 3.8) is 0 Å². The van der Waals surface area contributed by atoms with Gasteiger partial charge >= 0.3 is 12.1 Å². The van der Waals surface area contributed by atoms with Crippen molar-refractivity contribution in [2.75, 3.05) is 7.11 Å². The van der Waals surface area contributed by atoms with E-state index >= 15 is 0 Å². The number of carbonyl (C=O) groups excluding carboxylic acids is 3. The normalized spacial score (nSPS) is 12.1. The molecule has 0 aliphatic carbocycles. The number of amides is 2. The topological polar surface area (TPSA) is 99.0 Å². The molecule has 126 valence electrons. The molecule has 0 spiro atoms. The molecule has 2 aromatic rings. The molecule has 1 N–H and O–H groups in total. The number of aromatic nitrogens is 2. The highest BCUT2D eigenvalue weighted by molar-refractivity contribution is 6.31. The van der Waals surface area contributed by atoms with E-state index in [1.807, 2.05) is 11.4 Å². The molecule has 2 aromatic heterocycles. The van der Waals surface area contributed by atoms with Crippen molar-refractivity contribution in [2.24, 2.45) is 0 Å². The van der Waals surface area contributed by atoms with Crippen molar-refractivity contribution in [3.05, 3.63) is 41.3 Å². The van der Waals surface area contributed by atoms with Gasteiger partial charge in [-0.1, -0.05) is 17.7 Å². The maximum atomic E-state index is 11.8. The summed E-state index contributed by atoms with van der Waals surface area (Å²) >= 11 is 6.03. The Bertz CT molecular complexity index is 815. The molecule has 0 saturated heterocycles. The number of halogens is 1. The lowest BCUT2D eigenvalue weighted by Crippen LogP contribution is -2.39. The van der Waals surface area contributed by atoms with Crippen LogP contribution in [0.25, 0.3) is 11.7 Å². The number of nitrogens with zero attached hydrogens (tertiary/aromatic N) is 2. The summed E-state index contributed by atoms with van der Waals surface area (Å²) in [5, 5.41) is 2.12. The summed E-state index contributed by atoms with van der Waals surface area (Å²) in [5.41, 5.74) is 1.12. The Hall–Kier alpha value is -2.87. The van der Waals surface area contributed by atoms with E-state index in [-0.39, 0.29) is 5.15 Å². The third-order valence-electron chi connectivity index (χ3n) is 2.97. The molecular weight excluding hydrogens is 338 g/mol. The highest BCUT2D eigenvalue weighted by atomic mass is 35.5. The molecule has 0 radical (unpaired) electrons. The van der Waals surface area contributed by atoms with E-state index in [0.29, 0.717) is 11.3 Å². The van der Waals surface area contributed by atoms with Crippen molar-refractivity contribution >= 4 is 41.3 Å². The van der Waals surface area contributed by atoms with E-state index in [0.717, 1.165) is 13.2 Å². The van der Waals surface area contributed by atoms with Crippen LogP contribution in [0.15, 0.2) is 30.5 Å². The molecule has 24 heavy (non-hydrogen) atoms. The van der Waals surface area contributed by atoms with Crippen LogP contribution in [0.4, 0.5) is 4.79 Å². The number of hydrogen-bond donors (Lipinski definition) is 1. The average molecular weight is 352 g/mol. The van der Waals surface area contributed by atoms with Gasteiger partial charge in [-0.05, 0) is 25.1 Å². The minimum Gasteiger partial charge on any atom is -0.453 e. The Kier molecular flexibility index (Phi) is 5.54. The summed E-state index contributed by atoms with van der Waals surface area (Å²) in [4.78, 5) is 38.4. The van der Waals surface area contributed by atoms with Crippen LogP contribution in [0.1, 0.15) is 12.6 Å². The van der Waals surface area contributed by atoms with Gasteiger partial charge in [-0.25, -0.2) is 14.6 Å². The third kappa shape index (κ3) is 4.11. The van der Waals surface area contributed by atoms with Crippen molar-refractivity contribution in [3.8, 4) is 0 Å². The molecule has 0 aromatic carbocycles. The van der Waals surface area contributed by atoms with Crippen LogP contribution in [-0.4, -0.2) is 40.6 Å². The van der Waals surface area contributed by atoms with E-state index in [1.54, 1.807) is 22.7 Å². The van der Waals surface area contributed by atoms with Gasteiger partial charge in [0.25, 0.3) is 5.91 Å². The predicted octanol–water partition coefficient (Wildman–Crippen LogP) is 1.82. The molecular formula is C15H14ClN3O5. The van der Waals surface area contributed by atoms with Crippen LogP contribution in [0.5, 0.6) is 0 Å². The minimum absolute atomic E-state index is 0.224. The third-order valence-corrected chi connectivity index (χ3v) is 3.25. The first kappa shape index (κ1) is 17.5. The summed E-state index contributed by atoms with van der Waals surface area (Å²) < 4.78 is 10.9. The Labute approximate surface area is 142 Å². The number of carbonyl (C=O) groups is 3. The molecule has 0 aliphatic rings. The average Bonchev–Trinajstić information content (AvgIpc) is 2.87. The lowest BCUT2D eigenvalue weighted by atomic mass is 10.3. The van der Waals surface area contributed by atoms with Gasteiger partial charge in [0.05, 0.1) is 12.8 Å². The van der Waals surface area contributed by atoms with E-state index in [1.165, 1.54) is 13.0 Å². The monoisotopic (exact) mass is 351 g/mol. The molecule has 1 atom stereocenters. The number of methoxy groups -OCH3 is 1. The number of imidazole rings is 1. The molecule has 0 aliphatic heterocycles. The number of fused-ring (bicyclic) bond motifs is 1. The van der Waals surface area contributed by atoms with Crippen LogP contribution >= 0.6 is 11.6 Å². The van der Waals surface area contributed by atoms with Gasteiger partial charge in [0.1, 0.15) is 5.65 Å². The maximum absolute atomic E-state index is 11.8. The molecule has 2 rings (SSSR count). The van der Waals surface area contributed by atoms with Gasteiger partial charge in [-0.2, -0.15) is 0 Å². The van der Waals surface area contributed by atoms with Gasteiger partial charge < -0.3 is 9.47 Å². The molecule has 8 nitrogen and oxygen atoms in total. The van der Waals surface area contributed by atoms with Gasteiger partial charge in [0.15, 0.2) is 11.3 Å². The highest BCUT2D eigenvalue weighted by Crippen LogP contribution is 2.18. The molecule has 0 saturated carbocycles. The van der Waals surface area contributed by atoms with Gasteiger partial charge in [0, 0.05) is 12.3 Å². The molecule has 9 heteroatoms. The van der Waals surface area contributed by atoms with Crippen LogP contribution in [0.3, 0.4) is 0 Å². The largest absolute Gasteiger partial charge is 0.453 e. The smallest absolute Gasteiger partial charge is 0.413 e. The second kappa shape index (κ2) is 7.60. The maximum Gasteiger partial charge on any atom is 0.413 e. The number of nitrogens with one attached hydrogen (secondary N) is 1. The quantitative estimate of drug-likeness (QED) is 0.666. The Morgan fingerprint density at radius 1 is 1.38 bits per heavy atom. The summed E-state index contributed by atoms with van der Waals surface area (Å²) in [7, 11) is 1.11. The van der Waals surface area contributed by atoms with Crippen molar-refractivity contribution in [1.29, 1.82) is 0 Å². The van der Waals surface area contributed by atoms with Crippen LogP contribution in [0.2, 0.25) is 5.15 Å². The highest BCUT2D eigenvalue weighted by Gasteiger charge is 2.19. The molecule has 0 fully saturated rings. The van der Waals surface area contributed by atoms with Crippen LogP contribution in [0, 0.1) is 0 Å². The van der Waals surface area contributed by atoms with E-state index < -0.39 is 24.1 Å². The lowest BCUT2D eigenvalue weighted by Gasteiger charge is -2.10. The van der Waals surface area contributed by atoms with E-state index in [9.17, 15) is 14.4 Å². The zero-order valence-electron chi connectivity index (χ0n) is 12.9. The fourth-order valence-electron chi connectivity index (χ4n) is 1.80. The van der Waals surface area contributed by atoms with E-state index in [4.69, 9.17) is 16.3 Å². The van der Waals surface area contributed by atoms with E-state index in [2.05, 4.69) is 9.72 Å². The van der Waals surface area contributed by atoms with Crippen molar-refractivity contribution in [1.82, 2.24) is 14.7 Å². The molecule has 0 unspecified atom stereocenters. The van der Waals surface area contributed by atoms with Crippen molar-refractivity contribution < 1.29 is 23.9 Å². The standard InChI is InChI=1S/C15H14ClN3O5/c1-9(14(21)18-15(22)23-2)24-12(20)7-6-10-13(16)17-11-5-3-4-8-19(10)11/h3-9H,1-2H3,(H,18,21,22)/b7-6+/t9-/m0/s1. The Morgan fingerprint density at radius 3 is 2.83 bits per heavy atom. The summed E-state index contributed by atoms with van der Waals surface area (Å²) in [6.07, 6.45) is 2.18. The van der Waals surface area contributed by atoms with Gasteiger partial charge in [-0.15, -0.1) is 0 Å². The number of imide groups is 1. The van der Waals surface area contributed by atoms with Crippen LogP contribution < -0.4 is 5.32 Å². The first-order valence-electron chi connectivity index (χ1n) is 6.82. The number of esters is 1. The summed E-state index contributed by atoms with van der Waals surface area (Å²) in [5.74, 6) is -1.57. The lowest BCUT2D eigenvalue weighted by molar-refractivity contribution is -0.149. The summed E-state index contributed by atoms with van der Waals surface area (Å²) in [6.45, 7) is 1.32. The number of rotatable bonds is 4. The van der Waals surface area contributed by atoms with Gasteiger partial charge in [-0.3, -0.25) is 14.5 Å². The zero-order valence-corrected chi connectivity index (χ0v) is 13.6. The Morgan fingerprint density at radius 2 is 2.12 bits per heavy atom. The number of hydrogen-bond acceptors (Lipinski definition) is 6. The second-order valence-electron chi connectivity index (χ2n) is 4.61.